The number of pyridine rings is 1. The first kappa shape index (κ1) is 24.4. The Kier molecular flexibility index (Phi) is 5.86. The van der Waals surface area contributed by atoms with E-state index in [1.54, 1.807) is 22.5 Å². The van der Waals surface area contributed by atoms with Gasteiger partial charge in [-0.05, 0) is 48.2 Å². The van der Waals surface area contributed by atoms with Crippen molar-refractivity contribution in [2.24, 2.45) is 5.92 Å². The Morgan fingerprint density at radius 3 is 2.47 bits per heavy atom. The Labute approximate surface area is 222 Å². The van der Waals surface area contributed by atoms with Crippen molar-refractivity contribution in [2.45, 2.75) is 23.8 Å². The summed E-state index contributed by atoms with van der Waals surface area (Å²) in [6, 6.07) is 24.1. The predicted octanol–water partition coefficient (Wildman–Crippen LogP) is 4.41. The van der Waals surface area contributed by atoms with Crippen LogP contribution in [-0.4, -0.2) is 44.5 Å². The molecule has 3 heterocycles. The Morgan fingerprint density at radius 2 is 1.68 bits per heavy atom. The molecule has 1 aromatic heterocycles. The van der Waals surface area contributed by atoms with Crippen LogP contribution in [0, 0.1) is 17.2 Å². The van der Waals surface area contributed by atoms with Crippen molar-refractivity contribution in [2.75, 3.05) is 32.1 Å². The van der Waals surface area contributed by atoms with E-state index in [4.69, 9.17) is 0 Å². The minimum absolute atomic E-state index is 0.0433. The van der Waals surface area contributed by atoms with Crippen LogP contribution in [0.25, 0.3) is 21.9 Å². The molecule has 4 aromatic rings. The number of fused-ring (bicyclic) bond motifs is 5. The molecule has 1 fully saturated rings. The first-order valence-corrected chi connectivity index (χ1v) is 14.2. The minimum atomic E-state index is -3.79. The number of hydrogen-bond acceptors (Lipinski definition) is 5. The molecule has 38 heavy (non-hydrogen) atoms. The first-order chi connectivity index (χ1) is 18.3. The van der Waals surface area contributed by atoms with Gasteiger partial charge in [0, 0.05) is 73.4 Å². The summed E-state index contributed by atoms with van der Waals surface area (Å²) >= 11 is 0. The van der Waals surface area contributed by atoms with Crippen molar-refractivity contribution in [3.8, 4) is 17.2 Å². The molecule has 2 atom stereocenters. The van der Waals surface area contributed by atoms with E-state index in [9.17, 15) is 18.5 Å². The van der Waals surface area contributed by atoms with Gasteiger partial charge in [-0.1, -0.05) is 36.4 Å². The van der Waals surface area contributed by atoms with Crippen molar-refractivity contribution in [1.82, 2.24) is 8.87 Å². The number of hydrogen-bond donors (Lipinski definition) is 0. The number of nitriles is 1. The largest absolute Gasteiger partial charge is 0.377 e. The molecule has 2 bridgehead atoms. The molecule has 0 spiro atoms. The van der Waals surface area contributed by atoms with Crippen LogP contribution >= 0.6 is 0 Å². The molecule has 192 valence electrons. The van der Waals surface area contributed by atoms with Crippen molar-refractivity contribution in [3.63, 3.8) is 0 Å². The molecule has 0 saturated carbocycles. The zero-order chi connectivity index (χ0) is 26.6. The zero-order valence-corrected chi connectivity index (χ0v) is 22.1. The average Bonchev–Trinajstić information content (AvgIpc) is 2.92. The lowest BCUT2D eigenvalue weighted by atomic mass is 9.81. The number of piperidine rings is 1. The van der Waals surface area contributed by atoms with E-state index in [2.05, 4.69) is 6.07 Å². The molecule has 8 heteroatoms. The van der Waals surface area contributed by atoms with Gasteiger partial charge in [-0.15, -0.1) is 0 Å². The molecule has 0 N–H and O–H groups in total. The minimum Gasteiger partial charge on any atom is -0.377 e. The van der Waals surface area contributed by atoms with Gasteiger partial charge >= 0.3 is 0 Å². The molecule has 0 aliphatic carbocycles. The summed E-state index contributed by atoms with van der Waals surface area (Å²) in [6.07, 6.45) is 0.820. The second kappa shape index (κ2) is 9.12. The van der Waals surface area contributed by atoms with Crippen LogP contribution in [0.1, 0.15) is 23.6 Å². The van der Waals surface area contributed by atoms with Crippen LogP contribution in [0.5, 0.6) is 0 Å². The Morgan fingerprint density at radius 1 is 0.921 bits per heavy atom. The molecule has 7 nitrogen and oxygen atoms in total. The Balaban J connectivity index is 1.44. The maximum atomic E-state index is 14.1. The Hall–Kier alpha value is -3.93. The highest BCUT2D eigenvalue weighted by Gasteiger charge is 2.41. The zero-order valence-electron chi connectivity index (χ0n) is 21.3. The van der Waals surface area contributed by atoms with Gasteiger partial charge in [0.25, 0.3) is 5.56 Å². The van der Waals surface area contributed by atoms with E-state index in [0.717, 1.165) is 34.3 Å². The summed E-state index contributed by atoms with van der Waals surface area (Å²) in [4.78, 5) is 15.2. The van der Waals surface area contributed by atoms with Crippen LogP contribution < -0.4 is 10.5 Å². The van der Waals surface area contributed by atoms with E-state index in [1.807, 2.05) is 78.2 Å². The molecule has 2 aliphatic heterocycles. The number of aromatic nitrogens is 1. The fourth-order valence-electron chi connectivity index (χ4n) is 6.19. The lowest BCUT2D eigenvalue weighted by Crippen LogP contribution is -2.49. The topological polar surface area (TPSA) is 86.4 Å². The first-order valence-electron chi connectivity index (χ1n) is 12.7. The second-order valence-corrected chi connectivity index (χ2v) is 12.3. The molecule has 2 aliphatic rings. The molecule has 1 saturated heterocycles. The van der Waals surface area contributed by atoms with Gasteiger partial charge in [-0.25, -0.2) is 8.42 Å². The predicted molar refractivity (Wildman–Crippen MR) is 149 cm³/mol. The number of nitrogens with zero attached hydrogens (tertiary/aromatic N) is 4. The fraction of sp³-hybridized carbons (Fsp3) is 0.267. The summed E-state index contributed by atoms with van der Waals surface area (Å²) in [5.41, 5.74) is 4.03. The summed E-state index contributed by atoms with van der Waals surface area (Å²) < 4.78 is 31.7. The summed E-state index contributed by atoms with van der Waals surface area (Å²) in [5.74, 6) is -0.0824. The molecule has 6 rings (SSSR count). The Bertz CT molecular complexity index is 1790. The third-order valence-electron chi connectivity index (χ3n) is 7.82. The van der Waals surface area contributed by atoms with E-state index in [-0.39, 0.29) is 17.4 Å². The van der Waals surface area contributed by atoms with Crippen LogP contribution in [0.2, 0.25) is 0 Å². The second-order valence-electron chi connectivity index (χ2n) is 10.4. The van der Waals surface area contributed by atoms with Crippen molar-refractivity contribution >= 4 is 26.5 Å². The quantitative estimate of drug-likeness (QED) is 0.395. The summed E-state index contributed by atoms with van der Waals surface area (Å²) in [7, 11) is 0.109. The van der Waals surface area contributed by atoms with Crippen LogP contribution in [0.15, 0.2) is 82.5 Å². The van der Waals surface area contributed by atoms with Crippen LogP contribution in [-0.2, 0) is 16.6 Å². The lowest BCUT2D eigenvalue weighted by molar-refractivity contribution is 0.187. The summed E-state index contributed by atoms with van der Waals surface area (Å²) in [6.45, 7) is 1.16. The average molecular weight is 525 g/mol. The fourth-order valence-corrected chi connectivity index (χ4v) is 7.95. The van der Waals surface area contributed by atoms with Crippen LogP contribution in [0.3, 0.4) is 0 Å². The van der Waals surface area contributed by atoms with Gasteiger partial charge in [0.1, 0.15) is 0 Å². The number of rotatable bonds is 4. The molecule has 0 amide bonds. The van der Waals surface area contributed by atoms with Crippen molar-refractivity contribution in [3.05, 3.63) is 94.4 Å². The molecular weight excluding hydrogens is 496 g/mol. The number of sulfonamides is 1. The van der Waals surface area contributed by atoms with Gasteiger partial charge in [-0.2, -0.15) is 9.57 Å². The van der Waals surface area contributed by atoms with E-state index < -0.39 is 10.0 Å². The van der Waals surface area contributed by atoms with Gasteiger partial charge in [0.15, 0.2) is 0 Å². The molecular formula is C30H28N4O3S. The lowest BCUT2D eigenvalue weighted by Gasteiger charge is -2.43. The highest BCUT2D eigenvalue weighted by molar-refractivity contribution is 7.89. The summed E-state index contributed by atoms with van der Waals surface area (Å²) in [5, 5.41) is 11.0. The van der Waals surface area contributed by atoms with Crippen LogP contribution in [0.4, 0.5) is 5.69 Å². The standard InChI is InChI=1S/C30H28N4O3S/c1-32(2)27-10-4-9-26-25(27)8-5-11-28(26)38(36,37)33-17-21-15-23(19-33)30-24(12-13-29(35)34(30)18-21)22-7-3-6-20(14-22)16-31/h3-14,21,23H,15,17-19H2,1-2H3/t21-,23+/m0/s1. The van der Waals surface area contributed by atoms with Crippen molar-refractivity contribution < 1.29 is 8.42 Å². The van der Waals surface area contributed by atoms with Crippen molar-refractivity contribution in [1.29, 1.82) is 5.26 Å². The van der Waals surface area contributed by atoms with Gasteiger partial charge < -0.3 is 9.47 Å². The van der Waals surface area contributed by atoms with Gasteiger partial charge in [0.2, 0.25) is 10.0 Å². The highest BCUT2D eigenvalue weighted by Crippen LogP contribution is 2.42. The van der Waals surface area contributed by atoms with E-state index in [1.165, 1.54) is 0 Å². The van der Waals surface area contributed by atoms with Gasteiger partial charge in [0.05, 0.1) is 16.5 Å². The molecule has 0 unspecified atom stereocenters. The third kappa shape index (κ3) is 3.90. The number of benzene rings is 3. The monoisotopic (exact) mass is 524 g/mol. The third-order valence-corrected chi connectivity index (χ3v) is 9.71. The molecule has 0 radical (unpaired) electrons. The SMILES string of the molecule is CN(C)c1cccc2c(S(=O)(=O)N3C[C@@H]4C[C@H](C3)c3c(-c5cccc(C#N)c5)ccc(=O)n3C4)cccc12. The van der Waals surface area contributed by atoms with E-state index in [0.29, 0.717) is 35.5 Å². The number of anilines is 1. The smallest absolute Gasteiger partial charge is 0.250 e. The maximum Gasteiger partial charge on any atom is 0.250 e. The van der Waals surface area contributed by atoms with E-state index >= 15 is 0 Å². The molecule has 3 aromatic carbocycles. The van der Waals surface area contributed by atoms with Gasteiger partial charge in [-0.3, -0.25) is 4.79 Å². The highest BCUT2D eigenvalue weighted by atomic mass is 32.2. The maximum absolute atomic E-state index is 14.1. The normalized spacial score (nSPS) is 19.1.